The summed E-state index contributed by atoms with van der Waals surface area (Å²) in [5.74, 6) is -1.31. The van der Waals surface area contributed by atoms with E-state index in [4.69, 9.17) is 0 Å². The minimum absolute atomic E-state index is 0.0154. The first-order valence-electron chi connectivity index (χ1n) is 7.58. The zero-order valence-electron chi connectivity index (χ0n) is 13.8. The third-order valence-corrected chi connectivity index (χ3v) is 5.15. The molecule has 0 aliphatic rings. The minimum atomic E-state index is -3.79. The Hall–Kier alpha value is -2.11. The number of nitrogens with zero attached hydrogens (tertiary/aromatic N) is 2. The number of hydrogen-bond acceptors (Lipinski definition) is 7. The van der Waals surface area contributed by atoms with Gasteiger partial charge in [-0.2, -0.15) is 8.75 Å². The van der Waals surface area contributed by atoms with Gasteiger partial charge in [0.1, 0.15) is 15.9 Å². The molecule has 0 fully saturated rings. The van der Waals surface area contributed by atoms with Gasteiger partial charge in [0.2, 0.25) is 10.0 Å². The van der Waals surface area contributed by atoms with Gasteiger partial charge in [-0.3, -0.25) is 9.59 Å². The lowest BCUT2D eigenvalue weighted by Crippen LogP contribution is -2.43. The number of aromatic nitrogens is 2. The van der Waals surface area contributed by atoms with Crippen molar-refractivity contribution in [2.45, 2.75) is 18.7 Å². The number of carbonyl (C=O) groups is 2. The van der Waals surface area contributed by atoms with E-state index in [1.54, 1.807) is 12.1 Å². The second-order valence-corrected chi connectivity index (χ2v) is 7.91. The number of fused-ring (bicyclic) bond motifs is 1. The maximum Gasteiger partial charge on any atom is 0.309 e. The highest BCUT2D eigenvalue weighted by Gasteiger charge is 2.19. The van der Waals surface area contributed by atoms with E-state index < -0.39 is 21.8 Å². The number of benzene rings is 1. The number of carbonyl (C=O) groups excluding carboxylic acids is 2. The fourth-order valence-electron chi connectivity index (χ4n) is 1.89. The number of hydrogen-bond donors (Lipinski definition) is 3. The molecule has 25 heavy (non-hydrogen) atoms. The summed E-state index contributed by atoms with van der Waals surface area (Å²) in [6, 6.07) is 4.69. The van der Waals surface area contributed by atoms with Gasteiger partial charge in [-0.25, -0.2) is 13.1 Å². The average molecular weight is 385 g/mol. The molecule has 9 nitrogen and oxygen atoms in total. The van der Waals surface area contributed by atoms with E-state index >= 15 is 0 Å². The normalized spacial score (nSPS) is 11.6. The van der Waals surface area contributed by atoms with Crippen LogP contribution in [0.1, 0.15) is 13.8 Å². The smallest absolute Gasteiger partial charge is 0.309 e. The van der Waals surface area contributed by atoms with Gasteiger partial charge in [0.05, 0.1) is 11.7 Å². The maximum absolute atomic E-state index is 12.3. The number of sulfonamides is 1. The van der Waals surface area contributed by atoms with Crippen molar-refractivity contribution in [2.75, 3.05) is 19.6 Å². The lowest BCUT2D eigenvalue weighted by Gasteiger charge is -2.09. The second kappa shape index (κ2) is 8.32. The molecule has 3 N–H and O–H groups in total. The molecule has 0 aliphatic carbocycles. The third kappa shape index (κ3) is 5.18. The summed E-state index contributed by atoms with van der Waals surface area (Å²) in [7, 11) is -3.79. The Balaban J connectivity index is 1.86. The van der Waals surface area contributed by atoms with Crippen molar-refractivity contribution < 1.29 is 18.0 Å². The molecule has 0 saturated carbocycles. The molecule has 0 spiro atoms. The lowest BCUT2D eigenvalue weighted by molar-refractivity contribution is -0.139. The molecule has 136 valence electrons. The van der Waals surface area contributed by atoms with Crippen LogP contribution in [0.3, 0.4) is 0 Å². The Morgan fingerprint density at radius 2 is 1.84 bits per heavy atom. The van der Waals surface area contributed by atoms with Crippen molar-refractivity contribution in [1.29, 1.82) is 0 Å². The van der Waals surface area contributed by atoms with Crippen LogP contribution in [0.2, 0.25) is 0 Å². The van der Waals surface area contributed by atoms with E-state index in [0.717, 1.165) is 11.7 Å². The van der Waals surface area contributed by atoms with E-state index in [1.807, 2.05) is 13.8 Å². The molecule has 0 aliphatic heterocycles. The van der Waals surface area contributed by atoms with E-state index in [9.17, 15) is 18.0 Å². The van der Waals surface area contributed by atoms with Gasteiger partial charge in [-0.05, 0) is 18.1 Å². The molecule has 0 saturated heterocycles. The van der Waals surface area contributed by atoms with Crippen LogP contribution in [-0.4, -0.2) is 48.6 Å². The first-order chi connectivity index (χ1) is 11.8. The molecule has 0 radical (unpaired) electrons. The zero-order chi connectivity index (χ0) is 18.4. The molecule has 2 amide bonds. The quantitative estimate of drug-likeness (QED) is 0.449. The average Bonchev–Trinajstić information content (AvgIpc) is 3.04. The minimum Gasteiger partial charge on any atom is -0.348 e. The lowest BCUT2D eigenvalue weighted by atomic mass is 10.2. The maximum atomic E-state index is 12.3. The Bertz CT molecular complexity index is 863. The Morgan fingerprint density at radius 3 is 2.56 bits per heavy atom. The largest absolute Gasteiger partial charge is 0.348 e. The molecule has 0 atom stereocenters. The molecule has 2 rings (SSSR count). The number of nitrogens with one attached hydrogen (secondary N) is 3. The fourth-order valence-corrected chi connectivity index (χ4v) is 3.69. The molecule has 2 aromatic rings. The fraction of sp³-hybridized carbons (Fsp3) is 0.429. The van der Waals surface area contributed by atoms with Crippen LogP contribution in [0, 0.1) is 5.92 Å². The SMILES string of the molecule is CC(C)CNC(=O)C(=O)NCCNS(=O)(=O)c1cccc2nsnc12. The summed E-state index contributed by atoms with van der Waals surface area (Å²) in [5, 5.41) is 4.84. The van der Waals surface area contributed by atoms with E-state index in [-0.39, 0.29) is 23.9 Å². The van der Waals surface area contributed by atoms with Gasteiger partial charge in [-0.15, -0.1) is 0 Å². The zero-order valence-corrected chi connectivity index (χ0v) is 15.4. The molecular formula is C14H19N5O4S2. The highest BCUT2D eigenvalue weighted by molar-refractivity contribution is 7.89. The van der Waals surface area contributed by atoms with Gasteiger partial charge in [0.25, 0.3) is 0 Å². The molecule has 11 heteroatoms. The van der Waals surface area contributed by atoms with Crippen molar-refractivity contribution in [3.05, 3.63) is 18.2 Å². The Labute approximate surface area is 149 Å². The van der Waals surface area contributed by atoms with Crippen molar-refractivity contribution in [3.8, 4) is 0 Å². The van der Waals surface area contributed by atoms with Gasteiger partial charge in [0, 0.05) is 19.6 Å². The second-order valence-electron chi connectivity index (χ2n) is 5.65. The molecule has 1 aromatic heterocycles. The highest BCUT2D eigenvalue weighted by atomic mass is 32.2. The summed E-state index contributed by atoms with van der Waals surface area (Å²) in [6.07, 6.45) is 0. The summed E-state index contributed by atoms with van der Waals surface area (Å²) in [6.45, 7) is 4.14. The predicted octanol–water partition coefficient (Wildman–Crippen LogP) is -0.142. The van der Waals surface area contributed by atoms with Gasteiger partial charge in [0.15, 0.2) is 0 Å². The molecule has 1 heterocycles. The van der Waals surface area contributed by atoms with Gasteiger partial charge >= 0.3 is 11.8 Å². The van der Waals surface area contributed by atoms with E-state index in [0.29, 0.717) is 17.6 Å². The van der Waals surface area contributed by atoms with E-state index in [2.05, 4.69) is 24.1 Å². The van der Waals surface area contributed by atoms with Crippen LogP contribution in [0.15, 0.2) is 23.1 Å². The summed E-state index contributed by atoms with van der Waals surface area (Å²) in [4.78, 5) is 23.1. The van der Waals surface area contributed by atoms with Crippen LogP contribution in [-0.2, 0) is 19.6 Å². The van der Waals surface area contributed by atoms with Crippen molar-refractivity contribution in [3.63, 3.8) is 0 Å². The molecule has 0 bridgehead atoms. The molecule has 1 aromatic carbocycles. The first-order valence-corrected chi connectivity index (χ1v) is 9.79. The van der Waals surface area contributed by atoms with Gasteiger partial charge < -0.3 is 10.6 Å². The van der Waals surface area contributed by atoms with Crippen molar-refractivity contribution >= 4 is 44.6 Å². The van der Waals surface area contributed by atoms with Crippen LogP contribution in [0.25, 0.3) is 11.0 Å². The van der Waals surface area contributed by atoms with Crippen LogP contribution in [0.4, 0.5) is 0 Å². The Kier molecular flexibility index (Phi) is 6.39. The standard InChI is InChI=1S/C14H19N5O4S2/c1-9(2)8-16-14(21)13(20)15-6-7-17-25(22,23)11-5-3-4-10-12(11)19-24-18-10/h3-5,9,17H,6-8H2,1-2H3,(H,15,20)(H,16,21). The summed E-state index contributed by atoms with van der Waals surface area (Å²) in [5.41, 5.74) is 0.806. The van der Waals surface area contributed by atoms with Crippen LogP contribution < -0.4 is 15.4 Å². The van der Waals surface area contributed by atoms with Crippen molar-refractivity contribution in [1.82, 2.24) is 24.1 Å². The molecule has 0 unspecified atom stereocenters. The Morgan fingerprint density at radius 1 is 1.12 bits per heavy atom. The monoisotopic (exact) mass is 385 g/mol. The predicted molar refractivity (Wildman–Crippen MR) is 93.5 cm³/mol. The topological polar surface area (TPSA) is 130 Å². The molecular weight excluding hydrogens is 366 g/mol. The summed E-state index contributed by atoms with van der Waals surface area (Å²) >= 11 is 0.931. The summed E-state index contributed by atoms with van der Waals surface area (Å²) < 4.78 is 35.0. The van der Waals surface area contributed by atoms with Gasteiger partial charge in [-0.1, -0.05) is 19.9 Å². The first kappa shape index (κ1) is 19.2. The van der Waals surface area contributed by atoms with Crippen LogP contribution >= 0.6 is 11.7 Å². The number of rotatable bonds is 7. The van der Waals surface area contributed by atoms with Crippen molar-refractivity contribution in [2.24, 2.45) is 5.92 Å². The van der Waals surface area contributed by atoms with Crippen LogP contribution in [0.5, 0.6) is 0 Å². The van der Waals surface area contributed by atoms with E-state index in [1.165, 1.54) is 6.07 Å². The highest BCUT2D eigenvalue weighted by Crippen LogP contribution is 2.20. The number of amides is 2. The third-order valence-electron chi connectivity index (χ3n) is 3.12.